The van der Waals surface area contributed by atoms with Gasteiger partial charge in [-0.1, -0.05) is 6.07 Å². The molecular weight excluding hydrogens is 268 g/mol. The Hall–Kier alpha value is -1.46. The van der Waals surface area contributed by atoms with Gasteiger partial charge in [-0.25, -0.2) is 15.0 Å². The van der Waals surface area contributed by atoms with Crippen LogP contribution < -0.4 is 5.32 Å². The fourth-order valence-electron chi connectivity index (χ4n) is 1.57. The third-order valence-corrected chi connectivity index (χ3v) is 3.56. The number of aromatic nitrogens is 3. The van der Waals surface area contributed by atoms with E-state index >= 15 is 0 Å². The summed E-state index contributed by atoms with van der Waals surface area (Å²) in [6.07, 6.45) is 3.58. The Morgan fingerprint density at radius 2 is 1.95 bits per heavy atom. The molecule has 0 fully saturated rings. The van der Waals surface area contributed by atoms with Gasteiger partial charge in [0.05, 0.1) is 0 Å². The molecule has 2 rings (SSSR count). The summed E-state index contributed by atoms with van der Waals surface area (Å²) in [5.41, 5.74) is 2.21. The summed E-state index contributed by atoms with van der Waals surface area (Å²) in [7, 11) is 0. The van der Waals surface area contributed by atoms with Crippen LogP contribution in [0, 0.1) is 6.92 Å². The van der Waals surface area contributed by atoms with E-state index in [9.17, 15) is 0 Å². The van der Waals surface area contributed by atoms with Crippen molar-refractivity contribution in [2.24, 2.45) is 0 Å². The maximum atomic E-state index is 4.45. The number of hydrogen-bond acceptors (Lipinski definition) is 5. The molecule has 0 atom stereocenters. The second kappa shape index (κ2) is 6.33. The quantitative estimate of drug-likeness (QED) is 0.875. The van der Waals surface area contributed by atoms with E-state index in [4.69, 9.17) is 0 Å². The smallest absolute Gasteiger partial charge is 0.194 e. The number of pyridine rings is 1. The molecule has 0 aliphatic heterocycles. The van der Waals surface area contributed by atoms with Crippen LogP contribution in [0.15, 0.2) is 40.8 Å². The third kappa shape index (κ3) is 4.58. The number of nitrogens with zero attached hydrogens (tertiary/aromatic N) is 3. The fraction of sp³-hybridized carbons (Fsp3) is 0.400. The molecule has 5 heteroatoms. The highest BCUT2D eigenvalue weighted by molar-refractivity contribution is 7.99. The molecule has 2 aromatic heterocycles. The fourth-order valence-corrected chi connectivity index (χ4v) is 2.43. The predicted octanol–water partition coefficient (Wildman–Crippen LogP) is 3.22. The van der Waals surface area contributed by atoms with Gasteiger partial charge in [0.2, 0.25) is 0 Å². The molecule has 0 aliphatic rings. The summed E-state index contributed by atoms with van der Waals surface area (Å²) in [5.74, 6) is 0. The molecule has 4 nitrogen and oxygen atoms in total. The van der Waals surface area contributed by atoms with E-state index in [1.165, 1.54) is 11.8 Å². The van der Waals surface area contributed by atoms with Crippen molar-refractivity contribution in [1.82, 2.24) is 20.3 Å². The average molecular weight is 288 g/mol. The van der Waals surface area contributed by atoms with Crippen LogP contribution in [-0.4, -0.2) is 20.5 Å². The highest BCUT2D eigenvalue weighted by Gasteiger charge is 2.12. The normalized spacial score (nSPS) is 11.6. The molecule has 0 aromatic carbocycles. The number of nitrogens with one attached hydrogen (secondary N) is 1. The number of rotatable bonds is 4. The second-order valence-corrected chi connectivity index (χ2v) is 6.61. The SMILES string of the molecule is Cc1ccnc(Sc2ncccc2CNC(C)(C)C)n1. The van der Waals surface area contributed by atoms with Crippen molar-refractivity contribution in [2.75, 3.05) is 0 Å². The minimum Gasteiger partial charge on any atom is -0.308 e. The Kier molecular flexibility index (Phi) is 4.73. The van der Waals surface area contributed by atoms with E-state index < -0.39 is 0 Å². The van der Waals surface area contributed by atoms with Crippen molar-refractivity contribution < 1.29 is 0 Å². The Balaban J connectivity index is 2.15. The molecule has 0 unspecified atom stereocenters. The Morgan fingerprint density at radius 3 is 2.65 bits per heavy atom. The molecule has 0 saturated heterocycles. The van der Waals surface area contributed by atoms with Gasteiger partial charge in [-0.15, -0.1) is 0 Å². The number of hydrogen-bond donors (Lipinski definition) is 1. The van der Waals surface area contributed by atoms with Crippen LogP contribution in [0.2, 0.25) is 0 Å². The molecule has 0 saturated carbocycles. The zero-order chi connectivity index (χ0) is 14.6. The largest absolute Gasteiger partial charge is 0.308 e. The molecular formula is C15H20N4S. The predicted molar refractivity (Wildman–Crippen MR) is 81.7 cm³/mol. The molecule has 0 amide bonds. The van der Waals surface area contributed by atoms with E-state index in [2.05, 4.69) is 47.1 Å². The van der Waals surface area contributed by atoms with Gasteiger partial charge in [0.15, 0.2) is 5.16 Å². The highest BCUT2D eigenvalue weighted by atomic mass is 32.2. The van der Waals surface area contributed by atoms with Crippen LogP contribution in [0.4, 0.5) is 0 Å². The first-order chi connectivity index (χ1) is 9.44. The second-order valence-electron chi connectivity index (χ2n) is 5.65. The summed E-state index contributed by atoms with van der Waals surface area (Å²) in [4.78, 5) is 13.1. The number of aryl methyl sites for hydroxylation is 1. The van der Waals surface area contributed by atoms with E-state index in [-0.39, 0.29) is 5.54 Å². The van der Waals surface area contributed by atoms with Gasteiger partial charge in [-0.2, -0.15) is 0 Å². The maximum absolute atomic E-state index is 4.45. The van der Waals surface area contributed by atoms with Crippen LogP contribution in [0.25, 0.3) is 0 Å². The van der Waals surface area contributed by atoms with Crippen LogP contribution in [0.5, 0.6) is 0 Å². The Bertz CT molecular complexity index is 578. The average Bonchev–Trinajstić information content (AvgIpc) is 2.37. The van der Waals surface area contributed by atoms with Gasteiger partial charge >= 0.3 is 0 Å². The van der Waals surface area contributed by atoms with Gasteiger partial charge in [-0.3, -0.25) is 0 Å². The minimum atomic E-state index is 0.0810. The summed E-state index contributed by atoms with van der Waals surface area (Å²) < 4.78 is 0. The molecule has 20 heavy (non-hydrogen) atoms. The van der Waals surface area contributed by atoms with Gasteiger partial charge in [0.25, 0.3) is 0 Å². The minimum absolute atomic E-state index is 0.0810. The van der Waals surface area contributed by atoms with E-state index in [0.717, 1.165) is 28.0 Å². The van der Waals surface area contributed by atoms with Crippen LogP contribution in [0.1, 0.15) is 32.0 Å². The summed E-state index contributed by atoms with van der Waals surface area (Å²) in [6, 6.07) is 5.94. The molecule has 2 heterocycles. The van der Waals surface area contributed by atoms with Crippen LogP contribution in [0.3, 0.4) is 0 Å². The maximum Gasteiger partial charge on any atom is 0.194 e. The zero-order valence-corrected chi connectivity index (χ0v) is 13.2. The third-order valence-electron chi connectivity index (χ3n) is 2.62. The van der Waals surface area contributed by atoms with E-state index in [1.54, 1.807) is 12.4 Å². The molecule has 0 bridgehead atoms. The highest BCUT2D eigenvalue weighted by Crippen LogP contribution is 2.25. The molecule has 2 aromatic rings. The van der Waals surface area contributed by atoms with Gasteiger partial charge in [0, 0.05) is 30.2 Å². The van der Waals surface area contributed by atoms with Crippen molar-refractivity contribution in [3.05, 3.63) is 41.9 Å². The lowest BCUT2D eigenvalue weighted by atomic mass is 10.1. The lowest BCUT2D eigenvalue weighted by Crippen LogP contribution is -2.35. The summed E-state index contributed by atoms with van der Waals surface area (Å²) in [6.45, 7) is 9.21. The first-order valence-electron chi connectivity index (χ1n) is 6.60. The van der Waals surface area contributed by atoms with Crippen LogP contribution >= 0.6 is 11.8 Å². The van der Waals surface area contributed by atoms with Crippen molar-refractivity contribution in [3.63, 3.8) is 0 Å². The van der Waals surface area contributed by atoms with Crippen LogP contribution in [-0.2, 0) is 6.54 Å². The molecule has 0 radical (unpaired) electrons. The van der Waals surface area contributed by atoms with E-state index in [1.807, 2.05) is 19.1 Å². The summed E-state index contributed by atoms with van der Waals surface area (Å²) >= 11 is 1.51. The van der Waals surface area contributed by atoms with Gasteiger partial charge in [-0.05, 0) is 57.2 Å². The Morgan fingerprint density at radius 1 is 1.15 bits per heavy atom. The lowest BCUT2D eigenvalue weighted by molar-refractivity contribution is 0.422. The first kappa shape index (κ1) is 14.9. The standard InChI is InChI=1S/C15H20N4S/c1-11-7-9-17-14(19-11)20-13-12(6-5-8-16-13)10-18-15(2,3)4/h5-9,18H,10H2,1-4H3. The molecule has 0 spiro atoms. The lowest BCUT2D eigenvalue weighted by Gasteiger charge is -2.21. The van der Waals surface area contributed by atoms with Crippen molar-refractivity contribution >= 4 is 11.8 Å². The molecule has 106 valence electrons. The first-order valence-corrected chi connectivity index (χ1v) is 7.42. The zero-order valence-electron chi connectivity index (χ0n) is 12.3. The molecule has 1 N–H and O–H groups in total. The van der Waals surface area contributed by atoms with E-state index in [0.29, 0.717) is 0 Å². The Labute approximate surface area is 124 Å². The van der Waals surface area contributed by atoms with Crippen molar-refractivity contribution in [3.8, 4) is 0 Å². The summed E-state index contributed by atoms with van der Waals surface area (Å²) in [5, 5.41) is 5.17. The monoisotopic (exact) mass is 288 g/mol. The van der Waals surface area contributed by atoms with Crippen molar-refractivity contribution in [2.45, 2.75) is 50.0 Å². The molecule has 0 aliphatic carbocycles. The van der Waals surface area contributed by atoms with Crippen molar-refractivity contribution in [1.29, 1.82) is 0 Å². The van der Waals surface area contributed by atoms with Gasteiger partial charge < -0.3 is 5.32 Å². The topological polar surface area (TPSA) is 50.7 Å². The van der Waals surface area contributed by atoms with Gasteiger partial charge in [0.1, 0.15) is 5.03 Å².